The fraction of sp³-hybridized carbons (Fsp3) is 0.370. The second-order valence-electron chi connectivity index (χ2n) is 8.52. The summed E-state index contributed by atoms with van der Waals surface area (Å²) in [5, 5.41) is 12.9. The second kappa shape index (κ2) is 11.4. The van der Waals surface area contributed by atoms with Crippen molar-refractivity contribution in [3.63, 3.8) is 0 Å². The number of benzene rings is 2. The van der Waals surface area contributed by atoms with E-state index in [4.69, 9.17) is 14.7 Å². The summed E-state index contributed by atoms with van der Waals surface area (Å²) in [6.45, 7) is 3.72. The number of hydrogen-bond donors (Lipinski definition) is 1. The molecule has 1 saturated heterocycles. The van der Waals surface area contributed by atoms with Crippen molar-refractivity contribution in [1.29, 1.82) is 5.26 Å². The molecular weight excluding hydrogens is 442 g/mol. The standard InChI is InChI=1S/C27H29N5O3/c1-2-35-27(34)20-13-16-32(17-14-20)25-24(30-22-10-6-7-11-23(22)31-25)21(18-28)26(33)29-15-12-19-8-4-3-5-9-19/h3-11,20-21H,2,12-17H2,1H3,(H,29,33)/t21-/m1/s1. The van der Waals surface area contributed by atoms with Gasteiger partial charge in [0.1, 0.15) is 5.69 Å². The molecule has 8 nitrogen and oxygen atoms in total. The van der Waals surface area contributed by atoms with Gasteiger partial charge in [0.05, 0.1) is 29.6 Å². The Hall–Kier alpha value is -3.99. The highest BCUT2D eigenvalue weighted by Gasteiger charge is 2.32. The van der Waals surface area contributed by atoms with Crippen LogP contribution in [0.3, 0.4) is 0 Å². The molecule has 1 atom stereocenters. The highest BCUT2D eigenvalue weighted by Crippen LogP contribution is 2.30. The summed E-state index contributed by atoms with van der Waals surface area (Å²) in [5.41, 5.74) is 2.78. The minimum atomic E-state index is -1.10. The first-order valence-electron chi connectivity index (χ1n) is 12.0. The number of nitrogens with zero attached hydrogens (tertiary/aromatic N) is 4. The molecule has 2 aromatic carbocycles. The summed E-state index contributed by atoms with van der Waals surface area (Å²) in [4.78, 5) is 36.8. The molecule has 1 aromatic heterocycles. The van der Waals surface area contributed by atoms with Crippen LogP contribution >= 0.6 is 0 Å². The van der Waals surface area contributed by atoms with Gasteiger partial charge in [-0.2, -0.15) is 5.26 Å². The number of amides is 1. The Morgan fingerprint density at radius 1 is 1.09 bits per heavy atom. The molecule has 2 heterocycles. The van der Waals surface area contributed by atoms with Gasteiger partial charge in [-0.05, 0) is 43.9 Å². The van der Waals surface area contributed by atoms with E-state index in [-0.39, 0.29) is 11.9 Å². The average molecular weight is 472 g/mol. The van der Waals surface area contributed by atoms with E-state index in [9.17, 15) is 14.9 Å². The van der Waals surface area contributed by atoms with Gasteiger partial charge in [-0.25, -0.2) is 9.97 Å². The lowest BCUT2D eigenvalue weighted by atomic mass is 9.96. The number of nitrogens with one attached hydrogen (secondary N) is 1. The van der Waals surface area contributed by atoms with Crippen LogP contribution in [0, 0.1) is 17.2 Å². The smallest absolute Gasteiger partial charge is 0.309 e. The zero-order valence-corrected chi connectivity index (χ0v) is 19.8. The van der Waals surface area contributed by atoms with E-state index in [0.717, 1.165) is 5.56 Å². The summed E-state index contributed by atoms with van der Waals surface area (Å²) < 4.78 is 5.18. The predicted octanol–water partition coefficient (Wildman–Crippen LogP) is 3.38. The second-order valence-corrected chi connectivity index (χ2v) is 8.52. The lowest BCUT2D eigenvalue weighted by Gasteiger charge is -2.33. The first kappa shape index (κ1) is 24.1. The molecule has 0 unspecified atom stereocenters. The Morgan fingerprint density at radius 3 is 2.40 bits per heavy atom. The molecule has 0 spiro atoms. The maximum Gasteiger partial charge on any atom is 0.309 e. The number of esters is 1. The van der Waals surface area contributed by atoms with Crippen LogP contribution in [-0.2, 0) is 20.7 Å². The number of ether oxygens (including phenoxy) is 1. The summed E-state index contributed by atoms with van der Waals surface area (Å²) >= 11 is 0. The molecule has 1 aliphatic heterocycles. The fourth-order valence-electron chi connectivity index (χ4n) is 4.34. The summed E-state index contributed by atoms with van der Waals surface area (Å²) in [6.07, 6.45) is 1.91. The minimum absolute atomic E-state index is 0.156. The molecule has 1 fully saturated rings. The Morgan fingerprint density at radius 2 is 1.74 bits per heavy atom. The van der Waals surface area contributed by atoms with Crippen LogP contribution in [0.2, 0.25) is 0 Å². The average Bonchev–Trinajstić information content (AvgIpc) is 2.89. The monoisotopic (exact) mass is 471 g/mol. The molecule has 4 rings (SSSR count). The van der Waals surface area contributed by atoms with Gasteiger partial charge in [0, 0.05) is 19.6 Å². The van der Waals surface area contributed by atoms with Crippen molar-refractivity contribution in [1.82, 2.24) is 15.3 Å². The zero-order valence-electron chi connectivity index (χ0n) is 19.8. The van der Waals surface area contributed by atoms with E-state index in [0.29, 0.717) is 68.0 Å². The fourth-order valence-corrected chi connectivity index (χ4v) is 4.34. The quantitative estimate of drug-likeness (QED) is 0.502. The maximum absolute atomic E-state index is 13.1. The number of para-hydroxylation sites is 2. The Labute approximate surface area is 204 Å². The number of aromatic nitrogens is 2. The van der Waals surface area contributed by atoms with Crippen LogP contribution in [0.25, 0.3) is 11.0 Å². The van der Waals surface area contributed by atoms with Crippen molar-refractivity contribution in [3.8, 4) is 6.07 Å². The number of carbonyl (C=O) groups is 2. The van der Waals surface area contributed by atoms with Crippen LogP contribution in [-0.4, -0.2) is 48.1 Å². The van der Waals surface area contributed by atoms with Crippen molar-refractivity contribution >= 4 is 28.7 Å². The van der Waals surface area contributed by atoms with Gasteiger partial charge in [0.25, 0.3) is 0 Å². The van der Waals surface area contributed by atoms with Gasteiger partial charge < -0.3 is 15.0 Å². The van der Waals surface area contributed by atoms with E-state index in [2.05, 4.69) is 11.4 Å². The third-order valence-corrected chi connectivity index (χ3v) is 6.21. The molecule has 0 aliphatic carbocycles. The summed E-state index contributed by atoms with van der Waals surface area (Å²) in [7, 11) is 0. The molecular formula is C27H29N5O3. The van der Waals surface area contributed by atoms with E-state index in [1.165, 1.54) is 0 Å². The minimum Gasteiger partial charge on any atom is -0.466 e. The first-order chi connectivity index (χ1) is 17.1. The molecule has 0 saturated carbocycles. The lowest BCUT2D eigenvalue weighted by Crippen LogP contribution is -2.39. The molecule has 180 valence electrons. The van der Waals surface area contributed by atoms with Crippen molar-refractivity contribution in [3.05, 3.63) is 65.9 Å². The number of rotatable bonds is 8. The largest absolute Gasteiger partial charge is 0.466 e. The number of fused-ring (bicyclic) bond motifs is 1. The van der Waals surface area contributed by atoms with Crippen LogP contribution in [0.4, 0.5) is 5.82 Å². The number of hydrogen-bond acceptors (Lipinski definition) is 7. The Kier molecular flexibility index (Phi) is 7.88. The number of piperidine rings is 1. The van der Waals surface area contributed by atoms with Crippen LogP contribution in [0.1, 0.15) is 36.9 Å². The number of anilines is 1. The van der Waals surface area contributed by atoms with Crippen LogP contribution < -0.4 is 10.2 Å². The maximum atomic E-state index is 13.1. The molecule has 0 bridgehead atoms. The summed E-state index contributed by atoms with van der Waals surface area (Å²) in [6, 6.07) is 19.4. The van der Waals surface area contributed by atoms with E-state index in [1.807, 2.05) is 59.5 Å². The van der Waals surface area contributed by atoms with E-state index < -0.39 is 11.8 Å². The first-order valence-corrected chi connectivity index (χ1v) is 12.0. The van der Waals surface area contributed by atoms with Gasteiger partial charge in [-0.15, -0.1) is 0 Å². The third kappa shape index (κ3) is 5.75. The topological polar surface area (TPSA) is 108 Å². The number of nitriles is 1. The SMILES string of the molecule is CCOC(=O)C1CCN(c2nc3ccccc3nc2[C@@H](C#N)C(=O)NCCc2ccccc2)CC1. The van der Waals surface area contributed by atoms with Gasteiger partial charge >= 0.3 is 5.97 Å². The molecule has 1 amide bonds. The Balaban J connectivity index is 1.55. The molecule has 3 aromatic rings. The summed E-state index contributed by atoms with van der Waals surface area (Å²) in [5.74, 6) is -1.30. The van der Waals surface area contributed by atoms with Gasteiger partial charge in [-0.1, -0.05) is 42.5 Å². The Bertz CT molecular complexity index is 1220. The third-order valence-electron chi connectivity index (χ3n) is 6.21. The highest BCUT2D eigenvalue weighted by atomic mass is 16.5. The van der Waals surface area contributed by atoms with Crippen molar-refractivity contribution in [2.24, 2.45) is 5.92 Å². The van der Waals surface area contributed by atoms with Crippen LogP contribution in [0.5, 0.6) is 0 Å². The molecule has 1 N–H and O–H groups in total. The molecule has 1 aliphatic rings. The van der Waals surface area contributed by atoms with Gasteiger partial charge in [0.15, 0.2) is 11.7 Å². The van der Waals surface area contributed by atoms with Crippen molar-refractivity contribution in [2.75, 3.05) is 31.1 Å². The lowest BCUT2D eigenvalue weighted by molar-refractivity contribution is -0.148. The van der Waals surface area contributed by atoms with E-state index >= 15 is 0 Å². The van der Waals surface area contributed by atoms with Crippen molar-refractivity contribution < 1.29 is 14.3 Å². The molecule has 35 heavy (non-hydrogen) atoms. The number of carbonyl (C=O) groups excluding carboxylic acids is 2. The van der Waals surface area contributed by atoms with Gasteiger partial charge in [-0.3, -0.25) is 9.59 Å². The van der Waals surface area contributed by atoms with Gasteiger partial charge in [0.2, 0.25) is 5.91 Å². The normalized spacial score (nSPS) is 14.8. The zero-order chi connectivity index (χ0) is 24.6. The highest BCUT2D eigenvalue weighted by molar-refractivity contribution is 5.89. The van der Waals surface area contributed by atoms with Crippen LogP contribution in [0.15, 0.2) is 54.6 Å². The van der Waals surface area contributed by atoms with E-state index in [1.54, 1.807) is 6.92 Å². The molecule has 0 radical (unpaired) electrons. The predicted molar refractivity (Wildman–Crippen MR) is 133 cm³/mol. The molecule has 8 heteroatoms. The van der Waals surface area contributed by atoms with Crippen molar-refractivity contribution in [2.45, 2.75) is 32.1 Å².